The SMILES string of the molecule is CCN(CC)C(=O)Oc1c(CO)ccc2c1OCO2. The quantitative estimate of drug-likeness (QED) is 0.900. The van der Waals surface area contributed by atoms with Crippen LogP contribution < -0.4 is 14.2 Å². The van der Waals surface area contributed by atoms with Crippen LogP contribution in [0.1, 0.15) is 19.4 Å². The Bertz CT molecular complexity index is 470. The van der Waals surface area contributed by atoms with Gasteiger partial charge in [-0.15, -0.1) is 0 Å². The van der Waals surface area contributed by atoms with Gasteiger partial charge in [-0.1, -0.05) is 0 Å². The molecule has 0 radical (unpaired) electrons. The first-order chi connectivity index (χ1) is 9.21. The van der Waals surface area contributed by atoms with E-state index in [1.165, 1.54) is 4.90 Å². The molecule has 1 N–H and O–H groups in total. The fourth-order valence-electron chi connectivity index (χ4n) is 1.86. The van der Waals surface area contributed by atoms with E-state index in [0.717, 1.165) is 0 Å². The van der Waals surface area contributed by atoms with E-state index in [4.69, 9.17) is 14.2 Å². The second kappa shape index (κ2) is 5.79. The molecule has 0 aliphatic carbocycles. The van der Waals surface area contributed by atoms with E-state index in [0.29, 0.717) is 30.2 Å². The number of nitrogens with zero attached hydrogens (tertiary/aromatic N) is 1. The maximum Gasteiger partial charge on any atom is 0.415 e. The standard InChI is InChI=1S/C13H17NO5/c1-3-14(4-2)13(16)19-11-9(7-15)5-6-10-12(11)18-8-17-10/h5-6,15H,3-4,7-8H2,1-2H3. The molecular formula is C13H17NO5. The fourth-order valence-corrected chi connectivity index (χ4v) is 1.86. The number of aliphatic hydroxyl groups is 1. The highest BCUT2D eigenvalue weighted by atomic mass is 16.7. The van der Waals surface area contributed by atoms with Crippen LogP contribution in [-0.2, 0) is 6.61 Å². The molecule has 1 amide bonds. The van der Waals surface area contributed by atoms with Crippen LogP contribution in [0.5, 0.6) is 17.2 Å². The molecule has 0 fully saturated rings. The first-order valence-electron chi connectivity index (χ1n) is 6.20. The number of ether oxygens (including phenoxy) is 3. The van der Waals surface area contributed by atoms with Crippen molar-refractivity contribution in [3.63, 3.8) is 0 Å². The lowest BCUT2D eigenvalue weighted by atomic mass is 10.2. The molecule has 0 atom stereocenters. The highest BCUT2D eigenvalue weighted by Gasteiger charge is 2.25. The summed E-state index contributed by atoms with van der Waals surface area (Å²) in [6.45, 7) is 4.68. The Kier molecular flexibility index (Phi) is 4.11. The molecule has 0 bridgehead atoms. The maximum atomic E-state index is 12.0. The molecule has 1 aromatic carbocycles. The third-order valence-corrected chi connectivity index (χ3v) is 2.96. The Morgan fingerprint density at radius 2 is 2.11 bits per heavy atom. The van der Waals surface area contributed by atoms with Gasteiger partial charge in [-0.3, -0.25) is 0 Å². The molecule has 0 saturated carbocycles. The second-order valence-corrected chi connectivity index (χ2v) is 3.99. The van der Waals surface area contributed by atoms with Crippen molar-refractivity contribution in [3.8, 4) is 17.2 Å². The van der Waals surface area contributed by atoms with Crippen LogP contribution >= 0.6 is 0 Å². The summed E-state index contributed by atoms with van der Waals surface area (Å²) in [5.74, 6) is 1.11. The van der Waals surface area contributed by atoms with Gasteiger partial charge in [-0.05, 0) is 26.0 Å². The maximum absolute atomic E-state index is 12.0. The third-order valence-electron chi connectivity index (χ3n) is 2.96. The predicted molar refractivity (Wildman–Crippen MR) is 67.4 cm³/mol. The Morgan fingerprint density at radius 1 is 1.37 bits per heavy atom. The van der Waals surface area contributed by atoms with Crippen LogP contribution in [0.15, 0.2) is 12.1 Å². The van der Waals surface area contributed by atoms with Gasteiger partial charge in [0.15, 0.2) is 11.5 Å². The van der Waals surface area contributed by atoms with Gasteiger partial charge in [0, 0.05) is 18.7 Å². The molecule has 104 valence electrons. The van der Waals surface area contributed by atoms with E-state index >= 15 is 0 Å². The normalized spacial score (nSPS) is 12.4. The molecule has 6 nitrogen and oxygen atoms in total. The molecule has 0 aromatic heterocycles. The zero-order valence-electron chi connectivity index (χ0n) is 11.0. The lowest BCUT2D eigenvalue weighted by Gasteiger charge is -2.19. The summed E-state index contributed by atoms with van der Waals surface area (Å²) in [4.78, 5) is 13.5. The summed E-state index contributed by atoms with van der Waals surface area (Å²) in [6.07, 6.45) is -0.469. The van der Waals surface area contributed by atoms with Crippen LogP contribution in [0, 0.1) is 0 Å². The van der Waals surface area contributed by atoms with Gasteiger partial charge in [-0.25, -0.2) is 4.79 Å². The Morgan fingerprint density at radius 3 is 2.74 bits per heavy atom. The monoisotopic (exact) mass is 267 g/mol. The van der Waals surface area contributed by atoms with Gasteiger partial charge >= 0.3 is 6.09 Å². The van der Waals surface area contributed by atoms with Crippen molar-refractivity contribution in [1.29, 1.82) is 0 Å². The first-order valence-corrected chi connectivity index (χ1v) is 6.20. The lowest BCUT2D eigenvalue weighted by molar-refractivity contribution is 0.149. The van der Waals surface area contributed by atoms with Crippen molar-refractivity contribution >= 4 is 6.09 Å². The fraction of sp³-hybridized carbons (Fsp3) is 0.462. The van der Waals surface area contributed by atoms with Gasteiger partial charge in [0.25, 0.3) is 0 Å². The third kappa shape index (κ3) is 2.58. The summed E-state index contributed by atoms with van der Waals surface area (Å²) in [7, 11) is 0. The predicted octanol–water partition coefficient (Wildman–Crippen LogP) is 1.75. The minimum absolute atomic E-state index is 0.0834. The molecule has 0 unspecified atom stereocenters. The minimum atomic E-state index is -0.469. The zero-order valence-corrected chi connectivity index (χ0v) is 11.0. The number of hydrogen-bond donors (Lipinski definition) is 1. The molecule has 1 aliphatic heterocycles. The first kappa shape index (κ1) is 13.5. The molecule has 1 heterocycles. The molecule has 2 rings (SSSR count). The zero-order chi connectivity index (χ0) is 13.8. The summed E-state index contributed by atoms with van der Waals surface area (Å²) >= 11 is 0. The van der Waals surface area contributed by atoms with Crippen molar-refractivity contribution in [2.75, 3.05) is 19.9 Å². The van der Waals surface area contributed by atoms with E-state index in [2.05, 4.69) is 0 Å². The number of fused-ring (bicyclic) bond motifs is 1. The van der Waals surface area contributed by atoms with Crippen LogP contribution in [0.4, 0.5) is 4.79 Å². The van der Waals surface area contributed by atoms with Crippen LogP contribution in [0.3, 0.4) is 0 Å². The van der Waals surface area contributed by atoms with Gasteiger partial charge in [-0.2, -0.15) is 0 Å². The van der Waals surface area contributed by atoms with Gasteiger partial charge in [0.05, 0.1) is 6.61 Å². The van der Waals surface area contributed by atoms with E-state index in [1.54, 1.807) is 12.1 Å². The van der Waals surface area contributed by atoms with E-state index in [1.807, 2.05) is 13.8 Å². The van der Waals surface area contributed by atoms with Crippen LogP contribution in [0.25, 0.3) is 0 Å². The number of hydrogen-bond acceptors (Lipinski definition) is 5. The van der Waals surface area contributed by atoms with Crippen LogP contribution in [-0.4, -0.2) is 36.0 Å². The second-order valence-electron chi connectivity index (χ2n) is 3.99. The van der Waals surface area contributed by atoms with E-state index < -0.39 is 6.09 Å². The lowest BCUT2D eigenvalue weighted by Crippen LogP contribution is -2.33. The largest absolute Gasteiger partial charge is 0.453 e. The number of benzene rings is 1. The molecular weight excluding hydrogens is 250 g/mol. The van der Waals surface area contributed by atoms with Crippen molar-refractivity contribution in [3.05, 3.63) is 17.7 Å². The number of aliphatic hydroxyl groups excluding tert-OH is 1. The number of rotatable bonds is 4. The van der Waals surface area contributed by atoms with E-state index in [9.17, 15) is 9.90 Å². The number of amides is 1. The van der Waals surface area contributed by atoms with E-state index in [-0.39, 0.29) is 19.1 Å². The summed E-state index contributed by atoms with van der Waals surface area (Å²) < 4.78 is 15.9. The highest BCUT2D eigenvalue weighted by Crippen LogP contribution is 2.43. The average molecular weight is 267 g/mol. The highest BCUT2D eigenvalue weighted by molar-refractivity contribution is 5.73. The van der Waals surface area contributed by atoms with Crippen LogP contribution in [0.2, 0.25) is 0 Å². The van der Waals surface area contributed by atoms with Gasteiger partial charge in [0.1, 0.15) is 0 Å². The molecule has 1 aromatic rings. The number of carbonyl (C=O) groups is 1. The Balaban J connectivity index is 2.28. The summed E-state index contributed by atoms with van der Waals surface area (Å²) in [6, 6.07) is 3.33. The Hall–Kier alpha value is -1.95. The molecule has 19 heavy (non-hydrogen) atoms. The average Bonchev–Trinajstić information content (AvgIpc) is 2.89. The summed E-state index contributed by atoms with van der Waals surface area (Å²) in [5, 5.41) is 9.31. The van der Waals surface area contributed by atoms with Crippen molar-refractivity contribution < 1.29 is 24.1 Å². The Labute approximate surface area is 111 Å². The topological polar surface area (TPSA) is 68.2 Å². The van der Waals surface area contributed by atoms with Crippen molar-refractivity contribution in [2.45, 2.75) is 20.5 Å². The summed E-state index contributed by atoms with van der Waals surface area (Å²) in [5.41, 5.74) is 0.491. The van der Waals surface area contributed by atoms with Crippen molar-refractivity contribution in [1.82, 2.24) is 4.90 Å². The smallest absolute Gasteiger partial charge is 0.415 e. The molecule has 0 saturated heterocycles. The van der Waals surface area contributed by atoms with Crippen molar-refractivity contribution in [2.24, 2.45) is 0 Å². The molecule has 1 aliphatic rings. The minimum Gasteiger partial charge on any atom is -0.453 e. The number of carbonyl (C=O) groups excluding carboxylic acids is 1. The van der Waals surface area contributed by atoms with Gasteiger partial charge < -0.3 is 24.2 Å². The molecule has 6 heteroatoms. The van der Waals surface area contributed by atoms with Gasteiger partial charge in [0.2, 0.25) is 12.5 Å². The molecule has 0 spiro atoms.